The van der Waals surface area contributed by atoms with Gasteiger partial charge in [-0.05, 0) is 43.7 Å². The molecule has 1 aromatic carbocycles. The van der Waals surface area contributed by atoms with Gasteiger partial charge in [-0.3, -0.25) is 4.79 Å². The summed E-state index contributed by atoms with van der Waals surface area (Å²) in [6.07, 6.45) is 2.44. The second-order valence-electron chi connectivity index (χ2n) is 6.62. The number of aryl methyl sites for hydroxylation is 1. The fourth-order valence-electron chi connectivity index (χ4n) is 3.37. The van der Waals surface area contributed by atoms with Crippen LogP contribution in [0.15, 0.2) is 41.0 Å². The van der Waals surface area contributed by atoms with Crippen molar-refractivity contribution in [2.45, 2.75) is 19.4 Å². The molecule has 3 heterocycles. The number of carbonyl (C=O) groups is 1. The van der Waals surface area contributed by atoms with E-state index in [0.29, 0.717) is 28.0 Å². The molecule has 0 aliphatic carbocycles. The molecule has 28 heavy (non-hydrogen) atoms. The average Bonchev–Trinajstić information content (AvgIpc) is 3.42. The van der Waals surface area contributed by atoms with Crippen molar-refractivity contribution >= 4 is 34.5 Å². The molecule has 0 saturated carbocycles. The zero-order valence-corrected chi connectivity index (χ0v) is 17.1. The molecule has 0 radical (unpaired) electrons. The lowest BCUT2D eigenvalue weighted by atomic mass is 10.2. The van der Waals surface area contributed by atoms with E-state index in [-0.39, 0.29) is 11.9 Å². The first-order valence-electron chi connectivity index (χ1n) is 8.96. The quantitative estimate of drug-likeness (QED) is 0.667. The number of anilines is 1. The Balaban J connectivity index is 1.45. The first-order valence-corrected chi connectivity index (χ1v) is 10.1. The molecule has 0 spiro atoms. The van der Waals surface area contributed by atoms with Crippen LogP contribution in [0.2, 0.25) is 5.02 Å². The van der Waals surface area contributed by atoms with Crippen molar-refractivity contribution in [2.75, 3.05) is 25.1 Å². The second-order valence-corrected chi connectivity index (χ2v) is 8.26. The number of rotatable bonds is 5. The number of hydrogen-bond donors (Lipinski definition) is 1. The van der Waals surface area contributed by atoms with E-state index in [4.69, 9.17) is 20.8 Å². The van der Waals surface area contributed by atoms with E-state index in [0.717, 1.165) is 29.3 Å². The molecule has 6 nitrogen and oxygen atoms in total. The van der Waals surface area contributed by atoms with Crippen LogP contribution in [-0.4, -0.2) is 37.1 Å². The second kappa shape index (κ2) is 7.85. The van der Waals surface area contributed by atoms with Gasteiger partial charge >= 0.3 is 0 Å². The summed E-state index contributed by atoms with van der Waals surface area (Å²) in [7, 11) is 1.64. The van der Waals surface area contributed by atoms with Gasteiger partial charge in [0, 0.05) is 29.0 Å². The van der Waals surface area contributed by atoms with Gasteiger partial charge in [0.1, 0.15) is 11.4 Å². The number of amides is 1. The highest BCUT2D eigenvalue weighted by Crippen LogP contribution is 2.33. The highest BCUT2D eigenvalue weighted by Gasteiger charge is 2.28. The van der Waals surface area contributed by atoms with Crippen LogP contribution in [0, 0.1) is 6.92 Å². The van der Waals surface area contributed by atoms with Crippen LogP contribution in [0.5, 0.6) is 5.75 Å². The minimum Gasteiger partial charge on any atom is -0.495 e. The standard InChI is InChI=1S/C20H20ClN3O3S/c1-12-18(23-20(28-12)17-4-3-9-27-17)19(25)22-14-7-8-24(11-14)15-10-13(21)5-6-16(15)26-2/h3-6,9-10,14H,7-8,11H2,1-2H3,(H,22,25). The van der Waals surface area contributed by atoms with Gasteiger partial charge in [-0.1, -0.05) is 11.6 Å². The lowest BCUT2D eigenvalue weighted by Gasteiger charge is -2.21. The number of furan rings is 1. The average molecular weight is 418 g/mol. The predicted molar refractivity (Wildman–Crippen MR) is 111 cm³/mol. The number of nitrogens with one attached hydrogen (secondary N) is 1. The Kier molecular flexibility index (Phi) is 5.28. The number of carbonyl (C=O) groups excluding carboxylic acids is 1. The Morgan fingerprint density at radius 3 is 3.04 bits per heavy atom. The normalized spacial score (nSPS) is 16.4. The number of benzene rings is 1. The molecule has 1 aliphatic heterocycles. The summed E-state index contributed by atoms with van der Waals surface area (Å²) < 4.78 is 10.8. The third kappa shape index (κ3) is 3.72. The van der Waals surface area contributed by atoms with Gasteiger partial charge in [0.2, 0.25) is 0 Å². The van der Waals surface area contributed by atoms with E-state index in [1.54, 1.807) is 19.4 Å². The molecule has 1 unspecified atom stereocenters. The van der Waals surface area contributed by atoms with E-state index in [9.17, 15) is 4.79 Å². The fraction of sp³-hybridized carbons (Fsp3) is 0.300. The molecule has 1 amide bonds. The molecule has 2 aromatic heterocycles. The minimum atomic E-state index is -0.156. The predicted octanol–water partition coefficient (Wildman–Crippen LogP) is 4.38. The van der Waals surface area contributed by atoms with Crippen LogP contribution >= 0.6 is 22.9 Å². The zero-order chi connectivity index (χ0) is 19.7. The van der Waals surface area contributed by atoms with Crippen LogP contribution in [-0.2, 0) is 0 Å². The van der Waals surface area contributed by atoms with Crippen LogP contribution in [0.4, 0.5) is 5.69 Å². The molecular formula is C20H20ClN3O3S. The van der Waals surface area contributed by atoms with E-state index in [1.165, 1.54) is 11.3 Å². The van der Waals surface area contributed by atoms with E-state index >= 15 is 0 Å². The summed E-state index contributed by atoms with van der Waals surface area (Å²) in [5.74, 6) is 1.29. The van der Waals surface area contributed by atoms with Crippen molar-refractivity contribution < 1.29 is 13.9 Å². The van der Waals surface area contributed by atoms with Crippen LogP contribution in [0.1, 0.15) is 21.8 Å². The summed E-state index contributed by atoms with van der Waals surface area (Å²) in [6.45, 7) is 3.41. The highest BCUT2D eigenvalue weighted by molar-refractivity contribution is 7.15. The minimum absolute atomic E-state index is 0.0318. The maximum Gasteiger partial charge on any atom is 0.271 e. The number of ether oxygens (including phenoxy) is 1. The monoisotopic (exact) mass is 417 g/mol. The van der Waals surface area contributed by atoms with Gasteiger partial charge in [-0.2, -0.15) is 0 Å². The van der Waals surface area contributed by atoms with E-state index in [2.05, 4.69) is 15.2 Å². The van der Waals surface area contributed by atoms with Crippen molar-refractivity contribution in [3.05, 3.63) is 52.2 Å². The van der Waals surface area contributed by atoms with Crippen molar-refractivity contribution in [2.24, 2.45) is 0 Å². The van der Waals surface area contributed by atoms with Gasteiger partial charge in [-0.15, -0.1) is 11.3 Å². The Bertz CT molecular complexity index is 987. The number of thiazole rings is 1. The largest absolute Gasteiger partial charge is 0.495 e. The Hall–Kier alpha value is -2.51. The summed E-state index contributed by atoms with van der Waals surface area (Å²) in [4.78, 5) is 20.3. The molecule has 1 atom stereocenters. The van der Waals surface area contributed by atoms with Crippen LogP contribution in [0.3, 0.4) is 0 Å². The van der Waals surface area contributed by atoms with Crippen LogP contribution < -0.4 is 15.0 Å². The first-order chi connectivity index (χ1) is 13.5. The lowest BCUT2D eigenvalue weighted by Crippen LogP contribution is -2.37. The SMILES string of the molecule is COc1ccc(Cl)cc1N1CCC(NC(=O)c2nc(-c3ccco3)sc2C)C1. The molecule has 1 aliphatic rings. The Labute approximate surface area is 172 Å². The third-order valence-electron chi connectivity index (χ3n) is 4.75. The van der Waals surface area contributed by atoms with Crippen LogP contribution in [0.25, 0.3) is 10.8 Å². The lowest BCUT2D eigenvalue weighted by molar-refractivity contribution is 0.0935. The number of hydrogen-bond acceptors (Lipinski definition) is 6. The highest BCUT2D eigenvalue weighted by atomic mass is 35.5. The van der Waals surface area contributed by atoms with Gasteiger partial charge in [0.15, 0.2) is 10.8 Å². The van der Waals surface area contributed by atoms with E-state index < -0.39 is 0 Å². The maximum atomic E-state index is 12.8. The van der Waals surface area contributed by atoms with Gasteiger partial charge in [-0.25, -0.2) is 4.98 Å². The summed E-state index contributed by atoms with van der Waals surface area (Å²) in [5.41, 5.74) is 1.40. The molecule has 3 aromatic rings. The smallest absolute Gasteiger partial charge is 0.271 e. The van der Waals surface area contributed by atoms with E-state index in [1.807, 2.05) is 31.2 Å². The number of nitrogens with zero attached hydrogens (tertiary/aromatic N) is 2. The number of halogens is 1. The number of methoxy groups -OCH3 is 1. The first kappa shape index (κ1) is 18.8. The van der Waals surface area contributed by atoms with Crippen molar-refractivity contribution in [3.8, 4) is 16.5 Å². The molecule has 146 valence electrons. The molecular weight excluding hydrogens is 398 g/mol. The molecule has 4 rings (SSSR count). The van der Waals surface area contributed by atoms with Crippen molar-refractivity contribution in [1.29, 1.82) is 0 Å². The van der Waals surface area contributed by atoms with Gasteiger partial charge in [0.05, 0.1) is 19.1 Å². The van der Waals surface area contributed by atoms with Crippen molar-refractivity contribution in [1.82, 2.24) is 10.3 Å². The summed E-state index contributed by atoms with van der Waals surface area (Å²) in [6, 6.07) is 9.24. The summed E-state index contributed by atoms with van der Waals surface area (Å²) in [5, 5.41) is 4.48. The molecule has 1 N–H and O–H groups in total. The third-order valence-corrected chi connectivity index (χ3v) is 5.97. The van der Waals surface area contributed by atoms with Crippen molar-refractivity contribution in [3.63, 3.8) is 0 Å². The maximum absolute atomic E-state index is 12.8. The Morgan fingerprint density at radius 1 is 1.43 bits per heavy atom. The zero-order valence-electron chi connectivity index (χ0n) is 15.6. The van der Waals surface area contributed by atoms with Gasteiger partial charge < -0.3 is 19.4 Å². The molecule has 8 heteroatoms. The van der Waals surface area contributed by atoms with Gasteiger partial charge in [0.25, 0.3) is 5.91 Å². The fourth-order valence-corrected chi connectivity index (χ4v) is 4.42. The topological polar surface area (TPSA) is 67.6 Å². The molecule has 0 bridgehead atoms. The molecule has 1 fully saturated rings. The molecule has 1 saturated heterocycles. The summed E-state index contributed by atoms with van der Waals surface area (Å²) >= 11 is 7.60. The Morgan fingerprint density at radius 2 is 2.29 bits per heavy atom. The number of aromatic nitrogens is 1.